The van der Waals surface area contributed by atoms with Gasteiger partial charge in [0, 0.05) is 10.7 Å². The molecule has 0 amide bonds. The van der Waals surface area contributed by atoms with Gasteiger partial charge in [-0.15, -0.1) is 0 Å². The van der Waals surface area contributed by atoms with Crippen LogP contribution in [0.3, 0.4) is 0 Å². The smallest absolute Gasteiger partial charge is 0.137 e. The Bertz CT molecular complexity index is 613. The standard InChI is InChI=1S/C11H7BrN2/c12-8-4-5-10-9(7-8)13-11-3-1-2-6-14(10)11/h1-7H. The largest absolute Gasteiger partial charge is 0.300 e. The summed E-state index contributed by atoms with van der Waals surface area (Å²) in [4.78, 5) is 4.51. The fourth-order valence-electron chi connectivity index (χ4n) is 1.64. The molecule has 3 aromatic rings. The number of benzene rings is 1. The number of fused-ring (bicyclic) bond motifs is 3. The van der Waals surface area contributed by atoms with Gasteiger partial charge in [-0.3, -0.25) is 4.40 Å². The highest BCUT2D eigenvalue weighted by molar-refractivity contribution is 9.10. The first kappa shape index (κ1) is 8.00. The van der Waals surface area contributed by atoms with Crippen molar-refractivity contribution < 1.29 is 0 Å². The van der Waals surface area contributed by atoms with E-state index in [0.29, 0.717) is 0 Å². The maximum Gasteiger partial charge on any atom is 0.137 e. The van der Waals surface area contributed by atoms with Gasteiger partial charge in [0.05, 0.1) is 11.0 Å². The zero-order chi connectivity index (χ0) is 9.54. The van der Waals surface area contributed by atoms with Gasteiger partial charge >= 0.3 is 0 Å². The molecule has 3 heteroatoms. The first-order valence-corrected chi connectivity index (χ1v) is 5.16. The van der Waals surface area contributed by atoms with Crippen LogP contribution in [-0.4, -0.2) is 9.38 Å². The Labute approximate surface area is 89.3 Å². The number of imidazole rings is 1. The summed E-state index contributed by atoms with van der Waals surface area (Å²) in [5, 5.41) is 0. The van der Waals surface area contributed by atoms with Gasteiger partial charge in [0.2, 0.25) is 0 Å². The van der Waals surface area contributed by atoms with Gasteiger partial charge in [-0.25, -0.2) is 4.98 Å². The van der Waals surface area contributed by atoms with Gasteiger partial charge in [0.1, 0.15) is 5.65 Å². The van der Waals surface area contributed by atoms with Crippen molar-refractivity contribution in [1.29, 1.82) is 0 Å². The van der Waals surface area contributed by atoms with E-state index in [9.17, 15) is 0 Å². The lowest BCUT2D eigenvalue weighted by Crippen LogP contribution is -1.80. The monoisotopic (exact) mass is 246 g/mol. The first-order valence-electron chi connectivity index (χ1n) is 4.37. The molecule has 0 aliphatic rings. The lowest BCUT2D eigenvalue weighted by atomic mass is 10.3. The van der Waals surface area contributed by atoms with Gasteiger partial charge < -0.3 is 0 Å². The van der Waals surface area contributed by atoms with Crippen molar-refractivity contribution in [1.82, 2.24) is 9.38 Å². The molecule has 0 radical (unpaired) electrons. The first-order chi connectivity index (χ1) is 6.84. The van der Waals surface area contributed by atoms with E-state index in [-0.39, 0.29) is 0 Å². The van der Waals surface area contributed by atoms with E-state index in [1.165, 1.54) is 0 Å². The third-order valence-corrected chi connectivity index (χ3v) is 2.76. The number of rotatable bonds is 0. The number of aromatic nitrogens is 2. The van der Waals surface area contributed by atoms with E-state index >= 15 is 0 Å². The molecule has 0 N–H and O–H groups in total. The summed E-state index contributed by atoms with van der Waals surface area (Å²) in [6.45, 7) is 0. The van der Waals surface area contributed by atoms with Crippen LogP contribution in [0.4, 0.5) is 0 Å². The molecule has 0 aliphatic heterocycles. The summed E-state index contributed by atoms with van der Waals surface area (Å²) in [6, 6.07) is 12.1. The highest BCUT2D eigenvalue weighted by atomic mass is 79.9. The van der Waals surface area contributed by atoms with Gasteiger partial charge in [0.25, 0.3) is 0 Å². The minimum absolute atomic E-state index is 0.987. The van der Waals surface area contributed by atoms with Crippen LogP contribution in [0, 0.1) is 0 Å². The molecule has 0 saturated heterocycles. The topological polar surface area (TPSA) is 17.3 Å². The molecular weight excluding hydrogens is 240 g/mol. The molecule has 1 aromatic carbocycles. The quantitative estimate of drug-likeness (QED) is 0.596. The van der Waals surface area contributed by atoms with Crippen LogP contribution in [0.5, 0.6) is 0 Å². The molecule has 0 aliphatic carbocycles. The minimum atomic E-state index is 0.987. The molecule has 2 nitrogen and oxygen atoms in total. The number of pyridine rings is 1. The summed E-state index contributed by atoms with van der Waals surface area (Å²) in [5.41, 5.74) is 3.15. The Morgan fingerprint density at radius 1 is 1.14 bits per heavy atom. The van der Waals surface area contributed by atoms with Crippen molar-refractivity contribution in [3.8, 4) is 0 Å². The second-order valence-electron chi connectivity index (χ2n) is 3.17. The molecule has 0 atom stereocenters. The van der Waals surface area contributed by atoms with E-state index in [2.05, 4.69) is 31.4 Å². The molecule has 0 unspecified atom stereocenters. The number of halogens is 1. The predicted molar refractivity (Wildman–Crippen MR) is 60.4 cm³/mol. The van der Waals surface area contributed by atoms with Crippen molar-refractivity contribution in [3.05, 3.63) is 47.1 Å². The van der Waals surface area contributed by atoms with Crippen LogP contribution in [0.25, 0.3) is 16.7 Å². The van der Waals surface area contributed by atoms with E-state index in [0.717, 1.165) is 21.2 Å². The normalized spacial score (nSPS) is 11.2. The Morgan fingerprint density at radius 2 is 2.07 bits per heavy atom. The number of hydrogen-bond acceptors (Lipinski definition) is 1. The predicted octanol–water partition coefficient (Wildman–Crippen LogP) is 3.25. The number of hydrogen-bond donors (Lipinski definition) is 0. The van der Waals surface area contributed by atoms with Crippen LogP contribution in [0.2, 0.25) is 0 Å². The molecule has 0 spiro atoms. The molecule has 68 valence electrons. The maximum absolute atomic E-state index is 4.51. The highest BCUT2D eigenvalue weighted by Gasteiger charge is 2.02. The summed E-state index contributed by atoms with van der Waals surface area (Å²) >= 11 is 3.44. The molecule has 2 heterocycles. The molecule has 0 bridgehead atoms. The fourth-order valence-corrected chi connectivity index (χ4v) is 1.99. The zero-order valence-corrected chi connectivity index (χ0v) is 8.90. The van der Waals surface area contributed by atoms with Crippen LogP contribution in [0.15, 0.2) is 47.1 Å². The van der Waals surface area contributed by atoms with E-state index in [4.69, 9.17) is 0 Å². The number of nitrogens with zero attached hydrogens (tertiary/aromatic N) is 2. The van der Waals surface area contributed by atoms with Gasteiger partial charge in [0.15, 0.2) is 0 Å². The Morgan fingerprint density at radius 3 is 3.00 bits per heavy atom. The van der Waals surface area contributed by atoms with Crippen molar-refractivity contribution >= 4 is 32.6 Å². The van der Waals surface area contributed by atoms with Crippen molar-refractivity contribution in [2.75, 3.05) is 0 Å². The summed E-state index contributed by atoms with van der Waals surface area (Å²) in [5.74, 6) is 0. The Kier molecular flexibility index (Phi) is 1.61. The second-order valence-corrected chi connectivity index (χ2v) is 4.09. The van der Waals surface area contributed by atoms with Gasteiger partial charge in [-0.05, 0) is 30.3 Å². The average molecular weight is 247 g/mol. The second kappa shape index (κ2) is 2.82. The van der Waals surface area contributed by atoms with Crippen molar-refractivity contribution in [3.63, 3.8) is 0 Å². The average Bonchev–Trinajstić information content (AvgIpc) is 2.54. The van der Waals surface area contributed by atoms with Crippen molar-refractivity contribution in [2.24, 2.45) is 0 Å². The lowest BCUT2D eigenvalue weighted by Gasteiger charge is -1.93. The highest BCUT2D eigenvalue weighted by Crippen LogP contribution is 2.20. The van der Waals surface area contributed by atoms with E-state index < -0.39 is 0 Å². The lowest BCUT2D eigenvalue weighted by molar-refractivity contribution is 1.23. The maximum atomic E-state index is 4.51. The van der Waals surface area contributed by atoms with Gasteiger partial charge in [-0.1, -0.05) is 22.0 Å². The van der Waals surface area contributed by atoms with Crippen LogP contribution in [-0.2, 0) is 0 Å². The Hall–Kier alpha value is -1.35. The minimum Gasteiger partial charge on any atom is -0.300 e. The van der Waals surface area contributed by atoms with Crippen LogP contribution >= 0.6 is 15.9 Å². The van der Waals surface area contributed by atoms with E-state index in [1.807, 2.05) is 36.5 Å². The zero-order valence-electron chi connectivity index (χ0n) is 7.31. The SMILES string of the molecule is Brc1ccc2c(c1)nc1ccccn12. The summed E-state index contributed by atoms with van der Waals surface area (Å²) in [6.07, 6.45) is 2.03. The van der Waals surface area contributed by atoms with Crippen LogP contribution < -0.4 is 0 Å². The third kappa shape index (κ3) is 1.06. The molecule has 3 rings (SSSR count). The molecule has 0 fully saturated rings. The molecule has 0 saturated carbocycles. The Balaban J connectivity index is 2.57. The van der Waals surface area contributed by atoms with Gasteiger partial charge in [-0.2, -0.15) is 0 Å². The van der Waals surface area contributed by atoms with Crippen LogP contribution in [0.1, 0.15) is 0 Å². The van der Waals surface area contributed by atoms with Crippen molar-refractivity contribution in [2.45, 2.75) is 0 Å². The molecule has 14 heavy (non-hydrogen) atoms. The molecular formula is C11H7BrN2. The summed E-state index contributed by atoms with van der Waals surface area (Å²) < 4.78 is 3.15. The fraction of sp³-hybridized carbons (Fsp3) is 0. The third-order valence-electron chi connectivity index (χ3n) is 2.27. The van der Waals surface area contributed by atoms with E-state index in [1.54, 1.807) is 0 Å². The summed E-state index contributed by atoms with van der Waals surface area (Å²) in [7, 11) is 0. The molecule has 2 aromatic heterocycles.